The molecule has 74 valence electrons. The monoisotopic (exact) mass is 212 g/mol. The summed E-state index contributed by atoms with van der Waals surface area (Å²) in [5.74, 6) is -2.85. The Kier molecular flexibility index (Phi) is 3.03. The van der Waals surface area contributed by atoms with Gasteiger partial charge in [0.05, 0.1) is 0 Å². The Balaban J connectivity index is 3.05. The van der Waals surface area contributed by atoms with Crippen LogP contribution < -0.4 is 0 Å². The molecule has 0 spiro atoms. The van der Waals surface area contributed by atoms with Gasteiger partial charge in [-0.2, -0.15) is 0 Å². The van der Waals surface area contributed by atoms with Crippen LogP contribution in [0.15, 0.2) is 17.7 Å². The average molecular weight is 212 g/mol. The fourth-order valence-corrected chi connectivity index (χ4v) is 1.71. The molecule has 0 saturated carbocycles. The van der Waals surface area contributed by atoms with Gasteiger partial charge in [-0.1, -0.05) is 0 Å². The van der Waals surface area contributed by atoms with Crippen molar-refractivity contribution >= 4 is 29.4 Å². The Morgan fingerprint density at radius 2 is 1.86 bits per heavy atom. The molecule has 0 aliphatic carbocycles. The summed E-state index contributed by atoms with van der Waals surface area (Å²) < 4.78 is 0. The van der Waals surface area contributed by atoms with E-state index in [4.69, 9.17) is 10.2 Å². The van der Waals surface area contributed by atoms with E-state index in [1.807, 2.05) is 6.92 Å². The summed E-state index contributed by atoms with van der Waals surface area (Å²) in [4.78, 5) is 22.6. The molecule has 0 saturated heterocycles. The Labute approximate surface area is 84.1 Å². The summed E-state index contributed by atoms with van der Waals surface area (Å²) in [7, 11) is 0. The van der Waals surface area contributed by atoms with Gasteiger partial charge in [0, 0.05) is 9.75 Å². The van der Waals surface area contributed by atoms with Crippen molar-refractivity contribution in [3.05, 3.63) is 27.5 Å². The molecule has 0 fully saturated rings. The predicted molar refractivity (Wildman–Crippen MR) is 52.3 cm³/mol. The maximum Gasteiger partial charge on any atom is 0.343 e. The number of hydrogen-bond acceptors (Lipinski definition) is 3. The fraction of sp³-hybridized carbons (Fsp3) is 0.111. The van der Waals surface area contributed by atoms with E-state index in [1.165, 1.54) is 11.3 Å². The normalized spacial score (nSPS) is 9.50. The molecule has 0 amide bonds. The number of aliphatic carboxylic acids is 2. The van der Waals surface area contributed by atoms with Gasteiger partial charge >= 0.3 is 11.9 Å². The van der Waals surface area contributed by atoms with Crippen LogP contribution in [0.4, 0.5) is 0 Å². The molecule has 2 N–H and O–H groups in total. The molecule has 0 radical (unpaired) electrons. The molecule has 0 aliphatic heterocycles. The second-order valence-electron chi connectivity index (χ2n) is 2.62. The Morgan fingerprint density at radius 3 is 2.21 bits per heavy atom. The number of carboxylic acids is 2. The summed E-state index contributed by atoms with van der Waals surface area (Å²) in [5.41, 5.74) is -0.619. The van der Waals surface area contributed by atoms with Crippen LogP contribution in [0.25, 0.3) is 6.08 Å². The molecule has 0 bridgehead atoms. The van der Waals surface area contributed by atoms with Crippen LogP contribution in [-0.2, 0) is 9.59 Å². The molecule has 4 nitrogen and oxygen atoms in total. The molecule has 14 heavy (non-hydrogen) atoms. The largest absolute Gasteiger partial charge is 0.477 e. The Hall–Kier alpha value is -1.62. The molecule has 1 rings (SSSR count). The van der Waals surface area contributed by atoms with Crippen LogP contribution in [0.2, 0.25) is 0 Å². The van der Waals surface area contributed by atoms with Crippen molar-refractivity contribution in [1.82, 2.24) is 0 Å². The van der Waals surface area contributed by atoms with Crippen LogP contribution in [0, 0.1) is 6.92 Å². The van der Waals surface area contributed by atoms with Crippen molar-refractivity contribution in [2.24, 2.45) is 0 Å². The van der Waals surface area contributed by atoms with Crippen molar-refractivity contribution < 1.29 is 19.8 Å². The third-order valence-electron chi connectivity index (χ3n) is 1.51. The number of aryl methyl sites for hydroxylation is 1. The van der Waals surface area contributed by atoms with Gasteiger partial charge in [-0.3, -0.25) is 0 Å². The number of hydrogen-bond donors (Lipinski definition) is 2. The van der Waals surface area contributed by atoms with Gasteiger partial charge in [-0.15, -0.1) is 11.3 Å². The van der Waals surface area contributed by atoms with E-state index >= 15 is 0 Å². The van der Waals surface area contributed by atoms with Gasteiger partial charge in [-0.05, 0) is 25.1 Å². The van der Waals surface area contributed by atoms with Crippen LogP contribution in [-0.4, -0.2) is 22.2 Å². The number of rotatable bonds is 3. The van der Waals surface area contributed by atoms with Crippen molar-refractivity contribution in [2.45, 2.75) is 6.92 Å². The van der Waals surface area contributed by atoms with Crippen LogP contribution >= 0.6 is 11.3 Å². The van der Waals surface area contributed by atoms with Gasteiger partial charge in [0.1, 0.15) is 5.57 Å². The second kappa shape index (κ2) is 4.06. The lowest BCUT2D eigenvalue weighted by molar-refractivity contribution is -0.139. The standard InChI is InChI=1S/C9H8O4S/c1-5-2-3-6(14-5)4-7(8(10)11)9(12)13/h2-4H,1H3,(H,10,11)(H,12,13). The quantitative estimate of drug-likeness (QED) is 0.453. The molecule has 1 aromatic rings. The van der Waals surface area contributed by atoms with Crippen molar-refractivity contribution in [1.29, 1.82) is 0 Å². The maximum absolute atomic E-state index is 10.5. The van der Waals surface area contributed by atoms with E-state index in [0.717, 1.165) is 11.0 Å². The van der Waals surface area contributed by atoms with E-state index in [1.54, 1.807) is 12.1 Å². The minimum absolute atomic E-state index is 0.619. The summed E-state index contributed by atoms with van der Waals surface area (Å²) >= 11 is 1.35. The summed E-state index contributed by atoms with van der Waals surface area (Å²) in [5, 5.41) is 17.1. The molecule has 1 heterocycles. The smallest absolute Gasteiger partial charge is 0.343 e. The fourth-order valence-electron chi connectivity index (χ4n) is 0.888. The highest BCUT2D eigenvalue weighted by atomic mass is 32.1. The number of carboxylic acid groups (broad SMARTS) is 2. The highest BCUT2D eigenvalue weighted by Crippen LogP contribution is 2.18. The number of carbonyl (C=O) groups is 2. The highest BCUT2D eigenvalue weighted by Gasteiger charge is 2.15. The first-order chi connectivity index (χ1) is 6.50. The molecule has 0 aliphatic rings. The first-order valence-electron chi connectivity index (χ1n) is 3.75. The molecular formula is C9H8O4S. The minimum atomic E-state index is -1.43. The minimum Gasteiger partial charge on any atom is -0.477 e. The maximum atomic E-state index is 10.5. The van der Waals surface area contributed by atoms with E-state index in [-0.39, 0.29) is 0 Å². The zero-order valence-electron chi connectivity index (χ0n) is 7.35. The summed E-state index contributed by atoms with van der Waals surface area (Å²) in [6.45, 7) is 1.86. The van der Waals surface area contributed by atoms with Gasteiger partial charge in [0.15, 0.2) is 0 Å². The lowest BCUT2D eigenvalue weighted by Crippen LogP contribution is -2.10. The van der Waals surface area contributed by atoms with Crippen molar-refractivity contribution in [3.8, 4) is 0 Å². The molecular weight excluding hydrogens is 204 g/mol. The molecule has 1 aromatic heterocycles. The second-order valence-corrected chi connectivity index (χ2v) is 3.94. The first kappa shape index (κ1) is 10.5. The van der Waals surface area contributed by atoms with Crippen molar-refractivity contribution in [2.75, 3.05) is 0 Å². The summed E-state index contributed by atoms with van der Waals surface area (Å²) in [6.07, 6.45) is 1.16. The number of thiophene rings is 1. The molecule has 0 atom stereocenters. The topological polar surface area (TPSA) is 74.6 Å². The van der Waals surface area contributed by atoms with Gasteiger partial charge in [0.2, 0.25) is 0 Å². The third-order valence-corrected chi connectivity index (χ3v) is 2.46. The lowest BCUT2D eigenvalue weighted by Gasteiger charge is -1.92. The van der Waals surface area contributed by atoms with Gasteiger partial charge in [-0.25, -0.2) is 9.59 Å². The Morgan fingerprint density at radius 1 is 1.29 bits per heavy atom. The summed E-state index contributed by atoms with van der Waals surface area (Å²) in [6, 6.07) is 3.49. The zero-order valence-corrected chi connectivity index (χ0v) is 8.17. The van der Waals surface area contributed by atoms with Gasteiger partial charge < -0.3 is 10.2 Å². The predicted octanol–water partition coefficient (Wildman–Crippen LogP) is 1.61. The molecule has 5 heteroatoms. The van der Waals surface area contributed by atoms with Crippen molar-refractivity contribution in [3.63, 3.8) is 0 Å². The van der Waals surface area contributed by atoms with E-state index < -0.39 is 17.5 Å². The molecule has 0 unspecified atom stereocenters. The van der Waals surface area contributed by atoms with E-state index in [2.05, 4.69) is 0 Å². The average Bonchev–Trinajstić information content (AvgIpc) is 2.46. The van der Waals surface area contributed by atoms with Gasteiger partial charge in [0.25, 0.3) is 0 Å². The zero-order chi connectivity index (χ0) is 10.7. The lowest BCUT2D eigenvalue weighted by atomic mass is 10.2. The third kappa shape index (κ3) is 2.43. The van der Waals surface area contributed by atoms with E-state index in [0.29, 0.717) is 4.88 Å². The van der Waals surface area contributed by atoms with Crippen LogP contribution in [0.1, 0.15) is 9.75 Å². The van der Waals surface area contributed by atoms with Crippen LogP contribution in [0.3, 0.4) is 0 Å². The van der Waals surface area contributed by atoms with Crippen LogP contribution in [0.5, 0.6) is 0 Å². The van der Waals surface area contributed by atoms with E-state index in [9.17, 15) is 9.59 Å². The Bertz CT molecular complexity index is 387. The highest BCUT2D eigenvalue weighted by molar-refractivity contribution is 7.12. The SMILES string of the molecule is Cc1ccc(C=C(C(=O)O)C(=O)O)s1. The first-order valence-corrected chi connectivity index (χ1v) is 4.57. The molecule has 0 aromatic carbocycles.